The third-order valence-electron chi connectivity index (χ3n) is 3.50. The molecule has 0 saturated carbocycles. The van der Waals surface area contributed by atoms with Crippen molar-refractivity contribution in [3.05, 3.63) is 63.0 Å². The lowest BCUT2D eigenvalue weighted by Crippen LogP contribution is -2.19. The molecule has 1 N–H and O–H groups in total. The maximum absolute atomic E-state index is 12.2. The number of hydrogen-bond acceptors (Lipinski definition) is 4. The van der Waals surface area contributed by atoms with Crippen LogP contribution in [0.5, 0.6) is 5.75 Å². The van der Waals surface area contributed by atoms with Crippen LogP contribution >= 0.6 is 27.7 Å². The van der Waals surface area contributed by atoms with Crippen molar-refractivity contribution in [1.82, 2.24) is 5.32 Å². The number of nitrogens with zero attached hydrogens (tertiary/aromatic N) is 1. The third kappa shape index (κ3) is 4.52. The van der Waals surface area contributed by atoms with Crippen molar-refractivity contribution in [2.45, 2.75) is 13.8 Å². The second kappa shape index (κ2) is 7.89. The molecule has 2 aromatic rings. The number of amidine groups is 1. The SMILES string of the molecule is CCOc1ccc(C=C2SC(=Nc3ccc(Br)cc3)NC2=O)cc1C. The van der Waals surface area contributed by atoms with Crippen molar-refractivity contribution in [2.24, 2.45) is 4.99 Å². The summed E-state index contributed by atoms with van der Waals surface area (Å²) < 4.78 is 6.54. The quantitative estimate of drug-likeness (QED) is 0.709. The molecule has 25 heavy (non-hydrogen) atoms. The molecule has 1 amide bonds. The molecule has 1 saturated heterocycles. The zero-order chi connectivity index (χ0) is 17.8. The van der Waals surface area contributed by atoms with Gasteiger partial charge in [0.05, 0.1) is 17.2 Å². The first-order chi connectivity index (χ1) is 12.0. The largest absolute Gasteiger partial charge is 0.494 e. The zero-order valence-electron chi connectivity index (χ0n) is 13.9. The standard InChI is InChI=1S/C19H17BrN2O2S/c1-3-24-16-9-4-13(10-12(16)2)11-17-18(23)22-19(25-17)21-15-7-5-14(20)6-8-15/h4-11H,3H2,1-2H3,(H,21,22,23). The van der Waals surface area contributed by atoms with Gasteiger partial charge < -0.3 is 10.1 Å². The maximum atomic E-state index is 12.2. The van der Waals surface area contributed by atoms with Gasteiger partial charge in [-0.3, -0.25) is 4.79 Å². The van der Waals surface area contributed by atoms with E-state index < -0.39 is 0 Å². The normalized spacial score (nSPS) is 17.2. The van der Waals surface area contributed by atoms with Crippen molar-refractivity contribution >= 4 is 50.5 Å². The Morgan fingerprint density at radius 2 is 2.00 bits per heavy atom. The molecule has 0 atom stereocenters. The lowest BCUT2D eigenvalue weighted by molar-refractivity contribution is -0.115. The summed E-state index contributed by atoms with van der Waals surface area (Å²) in [5, 5.41) is 3.39. The second-order valence-electron chi connectivity index (χ2n) is 5.42. The fourth-order valence-electron chi connectivity index (χ4n) is 2.34. The molecule has 4 nitrogen and oxygen atoms in total. The molecule has 0 radical (unpaired) electrons. The molecule has 1 heterocycles. The lowest BCUT2D eigenvalue weighted by Gasteiger charge is -2.07. The van der Waals surface area contributed by atoms with Gasteiger partial charge in [0.2, 0.25) is 0 Å². The van der Waals surface area contributed by atoms with Crippen LogP contribution in [0.1, 0.15) is 18.1 Å². The lowest BCUT2D eigenvalue weighted by atomic mass is 10.1. The Morgan fingerprint density at radius 3 is 2.68 bits per heavy atom. The molecule has 1 aliphatic heterocycles. The van der Waals surface area contributed by atoms with Crippen LogP contribution in [0, 0.1) is 6.92 Å². The van der Waals surface area contributed by atoms with Crippen molar-refractivity contribution in [3.8, 4) is 5.75 Å². The van der Waals surface area contributed by atoms with Gasteiger partial charge in [-0.2, -0.15) is 0 Å². The summed E-state index contributed by atoms with van der Waals surface area (Å²) in [6, 6.07) is 13.5. The van der Waals surface area contributed by atoms with Crippen LogP contribution in [0.15, 0.2) is 56.8 Å². The average Bonchev–Trinajstić information content (AvgIpc) is 2.92. The number of halogens is 1. The van der Waals surface area contributed by atoms with Crippen LogP contribution in [0.4, 0.5) is 5.69 Å². The molecule has 128 valence electrons. The Morgan fingerprint density at radius 1 is 1.24 bits per heavy atom. The van der Waals surface area contributed by atoms with Crippen molar-refractivity contribution in [2.75, 3.05) is 6.61 Å². The fraction of sp³-hybridized carbons (Fsp3) is 0.158. The van der Waals surface area contributed by atoms with Crippen LogP contribution < -0.4 is 10.1 Å². The summed E-state index contributed by atoms with van der Waals surface area (Å²) >= 11 is 4.73. The summed E-state index contributed by atoms with van der Waals surface area (Å²) in [7, 11) is 0. The van der Waals surface area contributed by atoms with Crippen molar-refractivity contribution in [1.29, 1.82) is 0 Å². The number of aryl methyl sites for hydroxylation is 1. The number of ether oxygens (including phenoxy) is 1. The van der Waals surface area contributed by atoms with Gasteiger partial charge in [-0.05, 0) is 79.2 Å². The Kier molecular flexibility index (Phi) is 5.60. The number of benzene rings is 2. The number of hydrogen-bond donors (Lipinski definition) is 1. The van der Waals surface area contributed by atoms with E-state index in [1.807, 2.05) is 62.4 Å². The highest BCUT2D eigenvalue weighted by molar-refractivity contribution is 9.10. The molecule has 1 fully saturated rings. The molecule has 0 unspecified atom stereocenters. The Hall–Kier alpha value is -2.05. The highest BCUT2D eigenvalue weighted by atomic mass is 79.9. The minimum Gasteiger partial charge on any atom is -0.494 e. The molecule has 0 spiro atoms. The zero-order valence-corrected chi connectivity index (χ0v) is 16.3. The predicted molar refractivity (Wildman–Crippen MR) is 107 cm³/mol. The minimum absolute atomic E-state index is 0.132. The number of thioether (sulfide) groups is 1. The van der Waals surface area contributed by atoms with Crippen LogP contribution in [0.3, 0.4) is 0 Å². The predicted octanol–water partition coefficient (Wildman–Crippen LogP) is 5.05. The second-order valence-corrected chi connectivity index (χ2v) is 7.36. The number of aliphatic imine (C=N–C) groups is 1. The minimum atomic E-state index is -0.132. The first kappa shape index (κ1) is 17.8. The summed E-state index contributed by atoms with van der Waals surface area (Å²) in [6.45, 7) is 4.59. The van der Waals surface area contributed by atoms with E-state index in [1.54, 1.807) is 0 Å². The molecule has 3 rings (SSSR count). The van der Waals surface area contributed by atoms with Crippen molar-refractivity contribution in [3.63, 3.8) is 0 Å². The fourth-order valence-corrected chi connectivity index (χ4v) is 3.45. The van der Waals surface area contributed by atoms with Crippen molar-refractivity contribution < 1.29 is 9.53 Å². The highest BCUT2D eigenvalue weighted by Crippen LogP contribution is 2.29. The number of nitrogens with one attached hydrogen (secondary N) is 1. The van der Waals surface area contributed by atoms with Crippen LogP contribution in [-0.2, 0) is 4.79 Å². The van der Waals surface area contributed by atoms with Gasteiger partial charge in [0, 0.05) is 4.47 Å². The van der Waals surface area contributed by atoms with E-state index in [-0.39, 0.29) is 5.91 Å². The van der Waals surface area contributed by atoms with Gasteiger partial charge in [0.1, 0.15) is 5.75 Å². The Labute approximate surface area is 159 Å². The van der Waals surface area contributed by atoms with Gasteiger partial charge >= 0.3 is 0 Å². The van der Waals surface area contributed by atoms with E-state index in [4.69, 9.17) is 4.74 Å². The molecular formula is C19H17BrN2O2S. The smallest absolute Gasteiger partial charge is 0.264 e. The molecule has 0 aliphatic carbocycles. The van der Waals surface area contributed by atoms with Gasteiger partial charge in [-0.25, -0.2) is 4.99 Å². The molecule has 1 aliphatic rings. The molecule has 2 aromatic carbocycles. The molecule has 0 aromatic heterocycles. The average molecular weight is 417 g/mol. The van der Waals surface area contributed by atoms with Gasteiger partial charge in [0.15, 0.2) is 5.17 Å². The first-order valence-electron chi connectivity index (χ1n) is 7.84. The van der Waals surface area contributed by atoms with E-state index in [9.17, 15) is 4.79 Å². The maximum Gasteiger partial charge on any atom is 0.264 e. The topological polar surface area (TPSA) is 50.7 Å². The summed E-state index contributed by atoms with van der Waals surface area (Å²) in [5.41, 5.74) is 2.80. The number of carbonyl (C=O) groups excluding carboxylic acids is 1. The van der Waals surface area contributed by atoms with E-state index in [2.05, 4.69) is 26.2 Å². The van der Waals surface area contributed by atoms with Crippen LogP contribution in [0.2, 0.25) is 0 Å². The summed E-state index contributed by atoms with van der Waals surface area (Å²) in [6.07, 6.45) is 1.87. The van der Waals surface area contributed by atoms with E-state index in [1.165, 1.54) is 11.8 Å². The monoisotopic (exact) mass is 416 g/mol. The Bertz CT molecular complexity index is 860. The van der Waals surface area contributed by atoms with E-state index in [0.29, 0.717) is 16.7 Å². The van der Waals surface area contributed by atoms with E-state index in [0.717, 1.165) is 27.0 Å². The Balaban J connectivity index is 1.79. The van der Waals surface area contributed by atoms with Gasteiger partial charge in [-0.1, -0.05) is 22.0 Å². The number of rotatable bonds is 4. The summed E-state index contributed by atoms with van der Waals surface area (Å²) in [5.74, 6) is 0.734. The van der Waals surface area contributed by atoms with Gasteiger partial charge in [0.25, 0.3) is 5.91 Å². The molecule has 6 heteroatoms. The molecule has 0 bridgehead atoms. The summed E-state index contributed by atoms with van der Waals surface area (Å²) in [4.78, 5) is 17.3. The third-order valence-corrected chi connectivity index (χ3v) is 4.94. The van der Waals surface area contributed by atoms with Crippen LogP contribution in [-0.4, -0.2) is 17.7 Å². The first-order valence-corrected chi connectivity index (χ1v) is 9.44. The van der Waals surface area contributed by atoms with Crippen LogP contribution in [0.25, 0.3) is 6.08 Å². The number of carbonyl (C=O) groups is 1. The highest BCUT2D eigenvalue weighted by Gasteiger charge is 2.23. The van der Waals surface area contributed by atoms with Gasteiger partial charge in [-0.15, -0.1) is 0 Å². The number of amides is 1. The molecular weight excluding hydrogens is 400 g/mol. The van der Waals surface area contributed by atoms with E-state index >= 15 is 0 Å².